The van der Waals surface area contributed by atoms with Crippen molar-refractivity contribution in [3.05, 3.63) is 11.3 Å². The predicted octanol–water partition coefficient (Wildman–Crippen LogP) is 3.24. The zero-order valence-electron chi connectivity index (χ0n) is 14.6. The van der Waals surface area contributed by atoms with Crippen LogP contribution >= 0.6 is 0 Å². The topological polar surface area (TPSA) is 33.1 Å². The number of anilines is 1. The maximum absolute atomic E-state index is 4.69. The molecule has 1 saturated heterocycles. The Morgan fingerprint density at radius 2 is 2.05 bits per heavy atom. The van der Waals surface area contributed by atoms with Crippen LogP contribution in [0.5, 0.6) is 0 Å². The largest absolute Gasteiger partial charge is 0.351 e. The second kappa shape index (κ2) is 6.82. The summed E-state index contributed by atoms with van der Waals surface area (Å²) in [5.74, 6) is 2.01. The Bertz CT molecular complexity index is 464. The second-order valence-corrected chi connectivity index (χ2v) is 6.93. The van der Waals surface area contributed by atoms with Crippen LogP contribution in [-0.2, 0) is 13.6 Å². The number of aryl methyl sites for hydroxylation is 2. The Balaban J connectivity index is 2.25. The van der Waals surface area contributed by atoms with Gasteiger partial charge < -0.3 is 10.2 Å². The molecule has 0 amide bonds. The van der Waals surface area contributed by atoms with Crippen LogP contribution in [0.15, 0.2) is 0 Å². The quantitative estimate of drug-likeness (QED) is 0.874. The first-order valence-electron chi connectivity index (χ1n) is 8.47. The van der Waals surface area contributed by atoms with Crippen molar-refractivity contribution in [2.45, 2.75) is 72.5 Å². The highest BCUT2D eigenvalue weighted by molar-refractivity contribution is 5.52. The van der Waals surface area contributed by atoms with Crippen LogP contribution in [-0.4, -0.2) is 28.4 Å². The third-order valence-electron chi connectivity index (χ3n) is 4.67. The van der Waals surface area contributed by atoms with Crippen molar-refractivity contribution in [3.8, 4) is 0 Å². The van der Waals surface area contributed by atoms with Crippen molar-refractivity contribution in [1.29, 1.82) is 0 Å². The molecule has 2 heterocycles. The number of aromatic nitrogens is 2. The zero-order chi connectivity index (χ0) is 15.6. The molecule has 0 radical (unpaired) electrons. The van der Waals surface area contributed by atoms with E-state index >= 15 is 0 Å². The molecule has 4 heteroatoms. The van der Waals surface area contributed by atoms with Crippen molar-refractivity contribution < 1.29 is 0 Å². The predicted molar refractivity (Wildman–Crippen MR) is 89.7 cm³/mol. The summed E-state index contributed by atoms with van der Waals surface area (Å²) in [6, 6.07) is 1.28. The van der Waals surface area contributed by atoms with Gasteiger partial charge in [0.1, 0.15) is 5.82 Å². The molecule has 0 spiro atoms. The molecular formula is C17H32N4. The van der Waals surface area contributed by atoms with Crippen molar-refractivity contribution in [3.63, 3.8) is 0 Å². The van der Waals surface area contributed by atoms with Gasteiger partial charge in [0.15, 0.2) is 0 Å². The summed E-state index contributed by atoms with van der Waals surface area (Å²) in [4.78, 5) is 2.62. The van der Waals surface area contributed by atoms with Gasteiger partial charge in [-0.25, -0.2) is 0 Å². The van der Waals surface area contributed by atoms with E-state index in [-0.39, 0.29) is 0 Å². The summed E-state index contributed by atoms with van der Waals surface area (Å²) in [7, 11) is 2.09. The fourth-order valence-corrected chi connectivity index (χ4v) is 3.56. The first-order chi connectivity index (χ1) is 9.95. The first-order valence-corrected chi connectivity index (χ1v) is 8.47. The van der Waals surface area contributed by atoms with Gasteiger partial charge in [-0.05, 0) is 45.6 Å². The average molecular weight is 292 g/mol. The molecule has 120 valence electrons. The Hall–Kier alpha value is -1.03. The Labute approximate surface area is 129 Å². The van der Waals surface area contributed by atoms with E-state index in [1.165, 1.54) is 30.6 Å². The van der Waals surface area contributed by atoms with Gasteiger partial charge >= 0.3 is 0 Å². The van der Waals surface area contributed by atoms with Crippen LogP contribution in [0.25, 0.3) is 0 Å². The van der Waals surface area contributed by atoms with Crippen LogP contribution in [0.4, 0.5) is 5.82 Å². The SMILES string of the molecule is CCC1CCC(C)N1c1c(CNCC(C)C)c(C)nn1C. The third-order valence-corrected chi connectivity index (χ3v) is 4.67. The van der Waals surface area contributed by atoms with Crippen molar-refractivity contribution in [1.82, 2.24) is 15.1 Å². The highest BCUT2D eigenvalue weighted by Gasteiger charge is 2.33. The number of hydrogen-bond acceptors (Lipinski definition) is 3. The summed E-state index contributed by atoms with van der Waals surface area (Å²) in [6.07, 6.45) is 3.82. The molecule has 0 aromatic carbocycles. The molecule has 1 aromatic rings. The normalized spacial score (nSPS) is 22.5. The van der Waals surface area contributed by atoms with E-state index < -0.39 is 0 Å². The fourth-order valence-electron chi connectivity index (χ4n) is 3.56. The van der Waals surface area contributed by atoms with Crippen molar-refractivity contribution in [2.24, 2.45) is 13.0 Å². The highest BCUT2D eigenvalue weighted by atomic mass is 15.4. The van der Waals surface area contributed by atoms with Gasteiger partial charge in [-0.15, -0.1) is 0 Å². The number of nitrogens with zero attached hydrogens (tertiary/aromatic N) is 3. The summed E-state index contributed by atoms with van der Waals surface area (Å²) >= 11 is 0. The standard InChI is InChI=1S/C17H32N4/c1-7-15-9-8-13(4)21(15)17-16(11-18-10-12(2)3)14(5)19-20(17)6/h12-13,15,18H,7-11H2,1-6H3. The molecule has 0 bridgehead atoms. The van der Waals surface area contributed by atoms with E-state index in [1.54, 1.807) is 0 Å². The van der Waals surface area contributed by atoms with Crippen LogP contribution in [0, 0.1) is 12.8 Å². The van der Waals surface area contributed by atoms with E-state index in [9.17, 15) is 0 Å². The Kier molecular flexibility index (Phi) is 5.31. The second-order valence-electron chi connectivity index (χ2n) is 6.93. The molecule has 0 aliphatic carbocycles. The average Bonchev–Trinajstić information content (AvgIpc) is 2.90. The molecule has 21 heavy (non-hydrogen) atoms. The van der Waals surface area contributed by atoms with Gasteiger partial charge in [-0.3, -0.25) is 4.68 Å². The summed E-state index contributed by atoms with van der Waals surface area (Å²) in [5, 5.41) is 8.28. The van der Waals surface area contributed by atoms with Gasteiger partial charge in [0.2, 0.25) is 0 Å². The number of hydrogen-bond donors (Lipinski definition) is 1. The zero-order valence-corrected chi connectivity index (χ0v) is 14.6. The fraction of sp³-hybridized carbons (Fsp3) is 0.824. The Morgan fingerprint density at radius 3 is 2.67 bits per heavy atom. The van der Waals surface area contributed by atoms with E-state index in [0.29, 0.717) is 18.0 Å². The highest BCUT2D eigenvalue weighted by Crippen LogP contribution is 2.35. The van der Waals surface area contributed by atoms with Crippen molar-refractivity contribution in [2.75, 3.05) is 11.4 Å². The lowest BCUT2D eigenvalue weighted by molar-refractivity contribution is 0.548. The lowest BCUT2D eigenvalue weighted by Crippen LogP contribution is -2.36. The van der Waals surface area contributed by atoms with Crippen LogP contribution in [0.2, 0.25) is 0 Å². The third kappa shape index (κ3) is 3.42. The van der Waals surface area contributed by atoms with E-state index in [1.807, 2.05) is 0 Å². The van der Waals surface area contributed by atoms with Crippen LogP contribution < -0.4 is 10.2 Å². The van der Waals surface area contributed by atoms with E-state index in [2.05, 4.69) is 56.6 Å². The molecule has 0 saturated carbocycles. The maximum Gasteiger partial charge on any atom is 0.131 e. The molecule has 1 aromatic heterocycles. The number of rotatable bonds is 6. The van der Waals surface area contributed by atoms with Gasteiger partial charge in [0.25, 0.3) is 0 Å². The van der Waals surface area contributed by atoms with E-state index in [4.69, 9.17) is 5.10 Å². The van der Waals surface area contributed by atoms with E-state index in [0.717, 1.165) is 18.8 Å². The molecule has 2 rings (SSSR count). The summed E-state index contributed by atoms with van der Waals surface area (Å²) in [5.41, 5.74) is 2.54. The summed E-state index contributed by atoms with van der Waals surface area (Å²) in [6.45, 7) is 13.3. The molecule has 1 fully saturated rings. The minimum absolute atomic E-state index is 0.619. The minimum Gasteiger partial charge on any atom is -0.351 e. The lowest BCUT2D eigenvalue weighted by Gasteiger charge is -2.31. The summed E-state index contributed by atoms with van der Waals surface area (Å²) < 4.78 is 2.09. The van der Waals surface area contributed by atoms with Crippen LogP contribution in [0.3, 0.4) is 0 Å². The number of nitrogens with one attached hydrogen (secondary N) is 1. The molecule has 2 atom stereocenters. The van der Waals surface area contributed by atoms with Gasteiger partial charge in [0.05, 0.1) is 5.69 Å². The van der Waals surface area contributed by atoms with Gasteiger partial charge in [-0.2, -0.15) is 5.10 Å². The minimum atomic E-state index is 0.619. The first kappa shape index (κ1) is 16.3. The Morgan fingerprint density at radius 1 is 1.33 bits per heavy atom. The maximum atomic E-state index is 4.69. The van der Waals surface area contributed by atoms with Crippen molar-refractivity contribution >= 4 is 5.82 Å². The van der Waals surface area contributed by atoms with Crippen LogP contribution in [0.1, 0.15) is 58.2 Å². The monoisotopic (exact) mass is 292 g/mol. The molecule has 1 aliphatic heterocycles. The molecule has 2 unspecified atom stereocenters. The molecule has 4 nitrogen and oxygen atoms in total. The van der Waals surface area contributed by atoms with Gasteiger partial charge in [-0.1, -0.05) is 20.8 Å². The molecule has 1 aliphatic rings. The lowest BCUT2D eigenvalue weighted by atomic mass is 10.1. The molecular weight excluding hydrogens is 260 g/mol. The van der Waals surface area contributed by atoms with Gasteiger partial charge in [0, 0.05) is 31.2 Å². The smallest absolute Gasteiger partial charge is 0.131 e. The molecule has 1 N–H and O–H groups in total.